The molecule has 1 N–H and O–H groups in total. The first kappa shape index (κ1) is 27.3. The largest absolute Gasteiger partial charge is 0.488 e. The smallest absolute Gasteiger partial charge is 0.193 e. The summed E-state index contributed by atoms with van der Waals surface area (Å²) >= 11 is 0. The van der Waals surface area contributed by atoms with Crippen molar-refractivity contribution in [1.82, 2.24) is 24.6 Å². The van der Waals surface area contributed by atoms with Crippen LogP contribution in [0, 0.1) is 12.7 Å². The highest BCUT2D eigenvalue weighted by atomic mass is 19.1. The summed E-state index contributed by atoms with van der Waals surface area (Å²) in [5, 5.41) is 17.9. The Hall–Kier alpha value is -3.89. The van der Waals surface area contributed by atoms with E-state index in [4.69, 9.17) is 9.84 Å². The zero-order chi connectivity index (χ0) is 28.3. The number of pyridine rings is 2. The lowest BCUT2D eigenvalue weighted by Gasteiger charge is -2.40. The van der Waals surface area contributed by atoms with E-state index in [0.717, 1.165) is 55.8 Å². The zero-order valence-electron chi connectivity index (χ0n) is 23.2. The number of aliphatic hydroxyl groups excluding tert-OH is 1. The van der Waals surface area contributed by atoms with Crippen LogP contribution < -0.4 is 15.1 Å². The number of ether oxygens (including phenoxy) is 1. The van der Waals surface area contributed by atoms with Crippen molar-refractivity contribution in [3.05, 3.63) is 87.9 Å². The lowest BCUT2D eigenvalue weighted by Crippen LogP contribution is -2.48. The monoisotopic (exact) mass is 558 g/mol. The lowest BCUT2D eigenvalue weighted by molar-refractivity contribution is 0.157. The summed E-state index contributed by atoms with van der Waals surface area (Å²) < 4.78 is 22.5. The van der Waals surface area contributed by atoms with Crippen LogP contribution in [0.15, 0.2) is 59.8 Å². The van der Waals surface area contributed by atoms with Gasteiger partial charge >= 0.3 is 0 Å². The molecule has 4 heterocycles. The number of hydrogen-bond donors (Lipinski definition) is 1. The summed E-state index contributed by atoms with van der Waals surface area (Å²) in [5.74, 6) is 0.307. The fraction of sp³-hybridized carbons (Fsp3) is 0.419. The van der Waals surface area contributed by atoms with Crippen molar-refractivity contribution in [2.24, 2.45) is 0 Å². The minimum absolute atomic E-state index is 0.00934. The SMILES string of the molecule is Cc1cc(CN(Cc2cn(C3CC3)c3cc(OCCO)c(F)cc3c2=O)[C@H]2CCCN(c3cccnn3)C2)ccn1. The number of aromatic nitrogens is 4. The van der Waals surface area contributed by atoms with E-state index in [1.54, 1.807) is 12.3 Å². The van der Waals surface area contributed by atoms with Crippen molar-refractivity contribution in [3.8, 4) is 5.75 Å². The summed E-state index contributed by atoms with van der Waals surface area (Å²) in [6.07, 6.45) is 9.48. The Bertz CT molecular complexity index is 1580. The number of fused-ring (bicyclic) bond motifs is 1. The topological polar surface area (TPSA) is 96.6 Å². The Labute approximate surface area is 238 Å². The quantitative estimate of drug-likeness (QED) is 0.312. The Morgan fingerprint density at radius 3 is 2.78 bits per heavy atom. The highest BCUT2D eigenvalue weighted by Gasteiger charge is 2.30. The molecule has 1 saturated heterocycles. The number of aryl methyl sites for hydroxylation is 1. The van der Waals surface area contributed by atoms with E-state index in [1.165, 1.54) is 6.07 Å². The molecule has 1 aromatic carbocycles. The summed E-state index contributed by atoms with van der Waals surface area (Å²) in [7, 11) is 0. The molecule has 0 bridgehead atoms. The second-order valence-corrected chi connectivity index (χ2v) is 11.0. The predicted molar refractivity (Wildman–Crippen MR) is 155 cm³/mol. The van der Waals surface area contributed by atoms with Crippen LogP contribution >= 0.6 is 0 Å². The van der Waals surface area contributed by atoms with Gasteiger partial charge in [0, 0.05) is 79.6 Å². The first-order chi connectivity index (χ1) is 20.0. The maximum Gasteiger partial charge on any atom is 0.193 e. The third kappa shape index (κ3) is 6.08. The molecule has 10 heteroatoms. The molecule has 1 atom stereocenters. The third-order valence-corrected chi connectivity index (χ3v) is 7.96. The normalized spacial score (nSPS) is 17.4. The molecule has 9 nitrogen and oxygen atoms in total. The van der Waals surface area contributed by atoms with Gasteiger partial charge in [0.05, 0.1) is 12.1 Å². The van der Waals surface area contributed by atoms with Gasteiger partial charge in [-0.15, -0.1) is 5.10 Å². The summed E-state index contributed by atoms with van der Waals surface area (Å²) in [6, 6.07) is 11.3. The predicted octanol–water partition coefficient (Wildman–Crippen LogP) is 4.01. The molecular formula is C31H35FN6O3. The van der Waals surface area contributed by atoms with E-state index in [9.17, 15) is 9.18 Å². The van der Waals surface area contributed by atoms with Crippen molar-refractivity contribution in [3.63, 3.8) is 0 Å². The van der Waals surface area contributed by atoms with Crippen LogP contribution in [-0.4, -0.2) is 62.1 Å². The molecule has 0 amide bonds. The van der Waals surface area contributed by atoms with Crippen LogP contribution in [0.5, 0.6) is 5.75 Å². The van der Waals surface area contributed by atoms with E-state index >= 15 is 0 Å². The van der Waals surface area contributed by atoms with Crippen LogP contribution in [0.25, 0.3) is 10.9 Å². The van der Waals surface area contributed by atoms with Crippen molar-refractivity contribution >= 4 is 16.7 Å². The fourth-order valence-electron chi connectivity index (χ4n) is 5.83. The molecule has 6 rings (SSSR count). The second-order valence-electron chi connectivity index (χ2n) is 11.0. The van der Waals surface area contributed by atoms with Gasteiger partial charge in [-0.1, -0.05) is 0 Å². The number of anilines is 1. The number of benzene rings is 1. The zero-order valence-corrected chi connectivity index (χ0v) is 23.2. The van der Waals surface area contributed by atoms with Crippen LogP contribution in [0.2, 0.25) is 0 Å². The standard InChI is InChI=1S/C31H35FN6O3/c1-21-14-22(8-10-33-21)17-37(25-4-3-11-36(20-25)30-5-2-9-34-35-30)18-23-19-38(24-6-7-24)28-16-29(41-13-12-39)27(32)15-26(28)31(23)40/h2,5,8-10,14-16,19,24-25,39H,3-4,6-7,11-13,17-18,20H2,1H3/t25-/m0/s1. The molecule has 214 valence electrons. The Morgan fingerprint density at radius 1 is 1.15 bits per heavy atom. The Morgan fingerprint density at radius 2 is 2.02 bits per heavy atom. The molecule has 4 aromatic rings. The number of nitrogens with zero attached hydrogens (tertiary/aromatic N) is 6. The molecule has 0 radical (unpaired) electrons. The van der Waals surface area contributed by atoms with Gasteiger partial charge in [-0.25, -0.2) is 4.39 Å². The molecule has 0 unspecified atom stereocenters. The molecule has 1 aliphatic heterocycles. The minimum atomic E-state index is -0.599. The number of aliphatic hydroxyl groups is 1. The lowest BCUT2D eigenvalue weighted by atomic mass is 10.0. The Balaban J connectivity index is 1.37. The number of hydrogen-bond acceptors (Lipinski definition) is 8. The maximum absolute atomic E-state index is 15.0. The molecule has 3 aromatic heterocycles. The molecule has 41 heavy (non-hydrogen) atoms. The van der Waals surface area contributed by atoms with Gasteiger partial charge < -0.3 is 19.3 Å². The highest BCUT2D eigenvalue weighted by molar-refractivity contribution is 5.81. The molecule has 0 spiro atoms. The number of piperidine rings is 1. The fourth-order valence-corrected chi connectivity index (χ4v) is 5.83. The van der Waals surface area contributed by atoms with E-state index in [1.807, 2.05) is 37.5 Å². The van der Waals surface area contributed by atoms with E-state index in [-0.39, 0.29) is 36.5 Å². The van der Waals surface area contributed by atoms with Crippen LogP contribution in [-0.2, 0) is 13.1 Å². The molecule has 2 aliphatic rings. The van der Waals surface area contributed by atoms with Crippen molar-refractivity contribution in [2.75, 3.05) is 31.2 Å². The molecule has 1 aliphatic carbocycles. The first-order valence-electron chi connectivity index (χ1n) is 14.3. The molecular weight excluding hydrogens is 523 g/mol. The van der Waals surface area contributed by atoms with Gasteiger partial charge in [-0.2, -0.15) is 5.10 Å². The second kappa shape index (κ2) is 11.9. The van der Waals surface area contributed by atoms with Crippen molar-refractivity contribution in [1.29, 1.82) is 0 Å². The number of rotatable bonds is 10. The Kier molecular flexibility index (Phi) is 7.93. The van der Waals surface area contributed by atoms with E-state index in [0.29, 0.717) is 29.6 Å². The van der Waals surface area contributed by atoms with Gasteiger partial charge in [0.25, 0.3) is 0 Å². The van der Waals surface area contributed by atoms with E-state index < -0.39 is 5.82 Å². The third-order valence-electron chi connectivity index (χ3n) is 7.96. The van der Waals surface area contributed by atoms with Crippen molar-refractivity contribution in [2.45, 2.75) is 57.8 Å². The van der Waals surface area contributed by atoms with Gasteiger partial charge in [0.15, 0.2) is 22.8 Å². The van der Waals surface area contributed by atoms with Crippen LogP contribution in [0.4, 0.5) is 10.2 Å². The van der Waals surface area contributed by atoms with E-state index in [2.05, 4.69) is 35.6 Å². The van der Waals surface area contributed by atoms with Gasteiger partial charge in [0.1, 0.15) is 6.61 Å². The average molecular weight is 559 g/mol. The van der Waals surface area contributed by atoms with Crippen LogP contribution in [0.1, 0.15) is 48.5 Å². The van der Waals surface area contributed by atoms with Gasteiger partial charge in [0.2, 0.25) is 0 Å². The summed E-state index contributed by atoms with van der Waals surface area (Å²) in [6.45, 7) is 4.53. The van der Waals surface area contributed by atoms with Crippen LogP contribution in [0.3, 0.4) is 0 Å². The minimum Gasteiger partial charge on any atom is -0.488 e. The van der Waals surface area contributed by atoms with Gasteiger partial charge in [-0.05, 0) is 68.5 Å². The summed E-state index contributed by atoms with van der Waals surface area (Å²) in [4.78, 5) is 22.9. The molecule has 2 fully saturated rings. The van der Waals surface area contributed by atoms with Crippen molar-refractivity contribution < 1.29 is 14.2 Å². The highest BCUT2D eigenvalue weighted by Crippen LogP contribution is 2.38. The number of halogens is 1. The average Bonchev–Trinajstić information content (AvgIpc) is 3.84. The maximum atomic E-state index is 15.0. The first-order valence-corrected chi connectivity index (χ1v) is 14.3. The van der Waals surface area contributed by atoms with Gasteiger partial charge in [-0.3, -0.25) is 14.7 Å². The summed E-state index contributed by atoms with van der Waals surface area (Å²) in [5.41, 5.74) is 3.23. The molecule has 1 saturated carbocycles.